The molecule has 0 radical (unpaired) electrons. The molecule has 0 aliphatic rings. The van der Waals surface area contributed by atoms with Crippen molar-refractivity contribution in [2.75, 3.05) is 7.11 Å². The first-order chi connectivity index (χ1) is 7.22. The van der Waals surface area contributed by atoms with Gasteiger partial charge >= 0.3 is 0 Å². The van der Waals surface area contributed by atoms with Gasteiger partial charge in [0, 0.05) is 5.56 Å². The third kappa shape index (κ3) is 1.77. The van der Waals surface area contributed by atoms with Gasteiger partial charge in [-0.25, -0.2) is 8.78 Å². The van der Waals surface area contributed by atoms with Gasteiger partial charge in [0.25, 0.3) is 6.43 Å². The number of halogens is 2. The summed E-state index contributed by atoms with van der Waals surface area (Å²) in [6, 6.07) is 10.1. The van der Waals surface area contributed by atoms with E-state index in [-0.39, 0.29) is 5.56 Å². The van der Waals surface area contributed by atoms with Gasteiger partial charge < -0.3 is 4.74 Å². The molecule has 0 fully saturated rings. The number of rotatable bonds is 2. The van der Waals surface area contributed by atoms with Gasteiger partial charge in [-0.15, -0.1) is 0 Å². The highest BCUT2D eigenvalue weighted by molar-refractivity contribution is 5.87. The second kappa shape index (κ2) is 3.85. The van der Waals surface area contributed by atoms with Gasteiger partial charge in [0.15, 0.2) is 0 Å². The molecule has 0 aromatic heterocycles. The van der Waals surface area contributed by atoms with E-state index < -0.39 is 6.43 Å². The van der Waals surface area contributed by atoms with E-state index in [2.05, 4.69) is 0 Å². The third-order valence-electron chi connectivity index (χ3n) is 2.36. The van der Waals surface area contributed by atoms with Crippen LogP contribution in [0.1, 0.15) is 12.0 Å². The van der Waals surface area contributed by atoms with Gasteiger partial charge in [-0.05, 0) is 22.9 Å². The summed E-state index contributed by atoms with van der Waals surface area (Å²) >= 11 is 0. The lowest BCUT2D eigenvalue weighted by molar-refractivity contribution is 0.153. The molecule has 2 rings (SSSR count). The van der Waals surface area contributed by atoms with Gasteiger partial charge in [-0.2, -0.15) is 0 Å². The Morgan fingerprint density at radius 3 is 2.60 bits per heavy atom. The van der Waals surface area contributed by atoms with Crippen LogP contribution in [0.3, 0.4) is 0 Å². The minimum Gasteiger partial charge on any atom is -0.497 e. The van der Waals surface area contributed by atoms with Gasteiger partial charge in [-0.3, -0.25) is 0 Å². The largest absolute Gasteiger partial charge is 0.497 e. The van der Waals surface area contributed by atoms with Crippen molar-refractivity contribution in [1.82, 2.24) is 0 Å². The Labute approximate surface area is 86.3 Å². The Kier molecular flexibility index (Phi) is 2.54. The minimum absolute atomic E-state index is 0.0476. The van der Waals surface area contributed by atoms with Crippen LogP contribution < -0.4 is 4.74 Å². The van der Waals surface area contributed by atoms with Crippen LogP contribution in [0.15, 0.2) is 36.4 Å². The molecule has 0 atom stereocenters. The van der Waals surface area contributed by atoms with Crippen molar-refractivity contribution in [3.63, 3.8) is 0 Å². The number of ether oxygens (including phenoxy) is 1. The molecule has 0 saturated heterocycles. The summed E-state index contributed by atoms with van der Waals surface area (Å²) in [6.45, 7) is 0. The molecule has 2 aromatic rings. The van der Waals surface area contributed by atoms with E-state index >= 15 is 0 Å². The first-order valence-electron chi connectivity index (χ1n) is 4.57. The van der Waals surface area contributed by atoms with Crippen LogP contribution in [0.4, 0.5) is 8.78 Å². The van der Waals surface area contributed by atoms with E-state index in [0.29, 0.717) is 11.1 Å². The highest BCUT2D eigenvalue weighted by atomic mass is 19.3. The lowest BCUT2D eigenvalue weighted by Crippen LogP contribution is -1.88. The summed E-state index contributed by atoms with van der Waals surface area (Å²) in [5, 5.41) is 1.35. The fourth-order valence-electron chi connectivity index (χ4n) is 1.59. The summed E-state index contributed by atoms with van der Waals surface area (Å²) in [7, 11) is 1.52. The highest BCUT2D eigenvalue weighted by Gasteiger charge is 2.11. The number of methoxy groups -OCH3 is 1. The molecule has 0 spiro atoms. The van der Waals surface area contributed by atoms with Gasteiger partial charge in [0.2, 0.25) is 0 Å². The first kappa shape index (κ1) is 9.90. The maximum Gasteiger partial charge on any atom is 0.264 e. The zero-order chi connectivity index (χ0) is 10.8. The number of alkyl halides is 2. The van der Waals surface area contributed by atoms with Crippen LogP contribution in [0.5, 0.6) is 5.75 Å². The summed E-state index contributed by atoms with van der Waals surface area (Å²) in [5.74, 6) is 0.593. The molecule has 0 N–H and O–H groups in total. The molecule has 2 aromatic carbocycles. The standard InChI is InChI=1S/C12H10F2O/c1-15-9-6-5-8-3-2-4-10(12(13)14)11(8)7-9/h2-7,12H,1H3. The van der Waals surface area contributed by atoms with Crippen molar-refractivity contribution in [3.05, 3.63) is 42.0 Å². The fraction of sp³-hybridized carbons (Fsp3) is 0.167. The minimum atomic E-state index is -2.46. The van der Waals surface area contributed by atoms with E-state index in [1.165, 1.54) is 13.2 Å². The SMILES string of the molecule is COc1ccc2cccc(C(F)F)c2c1. The van der Waals surface area contributed by atoms with Gasteiger partial charge in [-0.1, -0.05) is 24.3 Å². The molecule has 0 amide bonds. The predicted molar refractivity (Wildman–Crippen MR) is 55.5 cm³/mol. The predicted octanol–water partition coefficient (Wildman–Crippen LogP) is 3.79. The van der Waals surface area contributed by atoms with E-state index in [1.54, 1.807) is 30.3 Å². The zero-order valence-electron chi connectivity index (χ0n) is 8.21. The molecule has 15 heavy (non-hydrogen) atoms. The average Bonchev–Trinajstić information content (AvgIpc) is 2.27. The van der Waals surface area contributed by atoms with Crippen LogP contribution in [-0.4, -0.2) is 7.11 Å². The molecule has 0 aliphatic heterocycles. The van der Waals surface area contributed by atoms with Crippen molar-refractivity contribution < 1.29 is 13.5 Å². The number of hydrogen-bond donors (Lipinski definition) is 0. The fourth-order valence-corrected chi connectivity index (χ4v) is 1.59. The molecular formula is C12H10F2O. The Bertz CT molecular complexity index is 480. The molecule has 0 heterocycles. The maximum atomic E-state index is 12.7. The topological polar surface area (TPSA) is 9.23 Å². The van der Waals surface area contributed by atoms with Crippen molar-refractivity contribution in [2.24, 2.45) is 0 Å². The van der Waals surface area contributed by atoms with E-state index in [4.69, 9.17) is 4.74 Å². The van der Waals surface area contributed by atoms with Crippen LogP contribution in [0.2, 0.25) is 0 Å². The molecule has 0 bridgehead atoms. The van der Waals surface area contributed by atoms with Crippen molar-refractivity contribution >= 4 is 10.8 Å². The quantitative estimate of drug-likeness (QED) is 0.729. The monoisotopic (exact) mass is 208 g/mol. The summed E-state index contributed by atoms with van der Waals surface area (Å²) in [4.78, 5) is 0. The lowest BCUT2D eigenvalue weighted by Gasteiger charge is -2.07. The molecule has 0 saturated carbocycles. The van der Waals surface area contributed by atoms with Crippen molar-refractivity contribution in [3.8, 4) is 5.75 Å². The van der Waals surface area contributed by atoms with Crippen LogP contribution in [0, 0.1) is 0 Å². The average molecular weight is 208 g/mol. The molecule has 1 nitrogen and oxygen atoms in total. The highest BCUT2D eigenvalue weighted by Crippen LogP contribution is 2.30. The van der Waals surface area contributed by atoms with Crippen molar-refractivity contribution in [1.29, 1.82) is 0 Å². The number of benzene rings is 2. The van der Waals surface area contributed by atoms with E-state index in [0.717, 1.165) is 5.39 Å². The van der Waals surface area contributed by atoms with Crippen molar-refractivity contribution in [2.45, 2.75) is 6.43 Å². The van der Waals surface area contributed by atoms with Gasteiger partial charge in [0.1, 0.15) is 5.75 Å². The molecule has 78 valence electrons. The maximum absolute atomic E-state index is 12.7. The Morgan fingerprint density at radius 2 is 1.93 bits per heavy atom. The third-order valence-corrected chi connectivity index (χ3v) is 2.36. The van der Waals surface area contributed by atoms with Gasteiger partial charge in [0.05, 0.1) is 7.11 Å². The second-order valence-electron chi connectivity index (χ2n) is 3.24. The molecule has 0 unspecified atom stereocenters. The first-order valence-corrected chi connectivity index (χ1v) is 4.57. The second-order valence-corrected chi connectivity index (χ2v) is 3.24. The van der Waals surface area contributed by atoms with Crippen LogP contribution in [0.25, 0.3) is 10.8 Å². The Hall–Kier alpha value is -1.64. The summed E-state index contributed by atoms with van der Waals surface area (Å²) < 4.78 is 30.4. The zero-order valence-corrected chi connectivity index (χ0v) is 8.21. The lowest BCUT2D eigenvalue weighted by atomic mass is 10.0. The summed E-state index contributed by atoms with van der Waals surface area (Å²) in [6.07, 6.45) is -2.46. The Balaban J connectivity index is 2.70. The number of hydrogen-bond acceptors (Lipinski definition) is 1. The van der Waals surface area contributed by atoms with E-state index in [1.807, 2.05) is 0 Å². The smallest absolute Gasteiger partial charge is 0.264 e. The summed E-state index contributed by atoms with van der Waals surface area (Å²) in [5.41, 5.74) is 0.0476. The van der Waals surface area contributed by atoms with E-state index in [9.17, 15) is 8.78 Å². The molecule has 3 heteroatoms. The van der Waals surface area contributed by atoms with Crippen LogP contribution in [-0.2, 0) is 0 Å². The normalized spacial score (nSPS) is 10.9. The molecule has 0 aliphatic carbocycles. The van der Waals surface area contributed by atoms with Crippen LogP contribution >= 0.6 is 0 Å². The Morgan fingerprint density at radius 1 is 1.13 bits per heavy atom. The molecular weight excluding hydrogens is 198 g/mol. The number of fused-ring (bicyclic) bond motifs is 1.